The summed E-state index contributed by atoms with van der Waals surface area (Å²) >= 11 is 5.96. The highest BCUT2D eigenvalue weighted by Gasteiger charge is 2.32. The second kappa shape index (κ2) is 8.76. The van der Waals surface area contributed by atoms with Crippen molar-refractivity contribution in [3.05, 3.63) is 59.0 Å². The van der Waals surface area contributed by atoms with E-state index in [0.29, 0.717) is 24.0 Å². The van der Waals surface area contributed by atoms with Crippen LogP contribution in [0.1, 0.15) is 25.3 Å². The smallest absolute Gasteiger partial charge is 0.215 e. The molecule has 6 heteroatoms. The molecule has 1 aliphatic rings. The first kappa shape index (κ1) is 18.4. The first-order chi connectivity index (χ1) is 11.6. The minimum Gasteiger partial charge on any atom is -0.340 e. The Morgan fingerprint density at radius 3 is 2.71 bits per heavy atom. The average molecular weight is 350 g/mol. The number of carbonyl (C=O) groups excluding carboxylic acids is 1. The molecule has 2 rings (SSSR count). The molecule has 0 fully saturated rings. The number of nitrogens with one attached hydrogen (secondary N) is 1. The number of nitrogens with zero attached hydrogens (tertiary/aromatic N) is 2. The molecule has 0 bridgehead atoms. The Labute approximate surface area is 148 Å². The van der Waals surface area contributed by atoms with Gasteiger partial charge in [-0.3, -0.25) is 4.79 Å². The molecule has 0 saturated carbocycles. The molecule has 1 heterocycles. The van der Waals surface area contributed by atoms with Crippen molar-refractivity contribution < 1.29 is 9.53 Å². The van der Waals surface area contributed by atoms with Crippen LogP contribution >= 0.6 is 11.6 Å². The van der Waals surface area contributed by atoms with Gasteiger partial charge in [-0.05, 0) is 30.2 Å². The second-order valence-corrected chi connectivity index (χ2v) is 6.07. The zero-order chi connectivity index (χ0) is 17.5. The number of amides is 1. The maximum Gasteiger partial charge on any atom is 0.215 e. The highest BCUT2D eigenvalue weighted by atomic mass is 35.5. The van der Waals surface area contributed by atoms with Gasteiger partial charge in [-0.25, -0.2) is 0 Å². The van der Waals surface area contributed by atoms with Crippen molar-refractivity contribution in [2.75, 3.05) is 13.7 Å². The molecule has 0 spiro atoms. The Morgan fingerprint density at radius 1 is 1.42 bits per heavy atom. The molecule has 0 aromatic heterocycles. The number of benzene rings is 1. The van der Waals surface area contributed by atoms with Gasteiger partial charge in [0.2, 0.25) is 12.8 Å². The summed E-state index contributed by atoms with van der Waals surface area (Å²) < 4.78 is 5.97. The fourth-order valence-corrected chi connectivity index (χ4v) is 2.63. The van der Waals surface area contributed by atoms with Crippen molar-refractivity contribution >= 4 is 18.0 Å². The molecule has 1 amide bonds. The van der Waals surface area contributed by atoms with Crippen LogP contribution in [0.5, 0.6) is 0 Å². The molecule has 1 unspecified atom stereocenters. The van der Waals surface area contributed by atoms with E-state index < -0.39 is 0 Å². The monoisotopic (exact) mass is 349 g/mol. The van der Waals surface area contributed by atoms with E-state index in [1.807, 2.05) is 24.3 Å². The lowest BCUT2D eigenvalue weighted by Crippen LogP contribution is -2.40. The van der Waals surface area contributed by atoms with Gasteiger partial charge in [0, 0.05) is 18.6 Å². The summed E-state index contributed by atoms with van der Waals surface area (Å²) in [7, 11) is 1.70. The lowest BCUT2D eigenvalue weighted by atomic mass is 10.2. The zero-order valence-corrected chi connectivity index (χ0v) is 14.9. The van der Waals surface area contributed by atoms with E-state index >= 15 is 0 Å². The summed E-state index contributed by atoms with van der Waals surface area (Å²) in [6.07, 6.45) is 4.21. The van der Waals surface area contributed by atoms with Crippen LogP contribution in [0.3, 0.4) is 0 Å². The minimum absolute atomic E-state index is 0.336. The molecule has 1 aliphatic heterocycles. The van der Waals surface area contributed by atoms with E-state index in [-0.39, 0.29) is 6.35 Å². The van der Waals surface area contributed by atoms with Gasteiger partial charge in [0.25, 0.3) is 0 Å². The van der Waals surface area contributed by atoms with Gasteiger partial charge in [0.15, 0.2) is 0 Å². The number of ether oxygens (including phenoxy) is 1. The predicted octanol–water partition coefficient (Wildman–Crippen LogP) is 3.29. The molecule has 5 nitrogen and oxygen atoms in total. The Kier molecular flexibility index (Phi) is 6.70. The molecule has 130 valence electrons. The molecule has 1 aromatic rings. The Balaban J connectivity index is 2.23. The van der Waals surface area contributed by atoms with Crippen LogP contribution in [0.15, 0.2) is 48.4 Å². The van der Waals surface area contributed by atoms with Crippen LogP contribution < -0.4 is 5.32 Å². The van der Waals surface area contributed by atoms with Crippen molar-refractivity contribution in [3.63, 3.8) is 0 Å². The van der Waals surface area contributed by atoms with Gasteiger partial charge in [0.05, 0.1) is 12.3 Å². The third-order valence-corrected chi connectivity index (χ3v) is 4.09. The van der Waals surface area contributed by atoms with Crippen molar-refractivity contribution in [3.8, 4) is 0 Å². The van der Waals surface area contributed by atoms with E-state index in [2.05, 4.69) is 23.7 Å². The Morgan fingerprint density at radius 2 is 2.12 bits per heavy atom. The molecular weight excluding hydrogens is 326 g/mol. The van der Waals surface area contributed by atoms with E-state index in [4.69, 9.17) is 16.3 Å². The van der Waals surface area contributed by atoms with Crippen molar-refractivity contribution in [2.24, 2.45) is 0 Å². The number of allylic oxidation sites excluding steroid dienone is 1. The summed E-state index contributed by atoms with van der Waals surface area (Å²) in [5.41, 5.74) is 1.93. The lowest BCUT2D eigenvalue weighted by Gasteiger charge is -2.27. The first-order valence-corrected chi connectivity index (χ1v) is 8.42. The number of hydrogen-bond donors (Lipinski definition) is 1. The second-order valence-electron chi connectivity index (χ2n) is 5.63. The van der Waals surface area contributed by atoms with Crippen molar-refractivity contribution in [2.45, 2.75) is 32.7 Å². The fraction of sp³-hybridized carbons (Fsp3) is 0.389. The topological polar surface area (TPSA) is 44.8 Å². The van der Waals surface area contributed by atoms with E-state index in [9.17, 15) is 4.79 Å². The normalized spacial score (nSPS) is 17.0. The number of hydrogen-bond acceptors (Lipinski definition) is 4. The number of carbonyl (C=O) groups is 1. The van der Waals surface area contributed by atoms with E-state index in [1.165, 1.54) is 4.90 Å². The van der Waals surface area contributed by atoms with Gasteiger partial charge >= 0.3 is 0 Å². The number of unbranched alkanes of at least 4 members (excludes halogenated alkanes) is 1. The predicted molar refractivity (Wildman–Crippen MR) is 95.8 cm³/mol. The van der Waals surface area contributed by atoms with Crippen molar-refractivity contribution in [1.82, 2.24) is 15.1 Å². The van der Waals surface area contributed by atoms with Gasteiger partial charge in [-0.15, -0.1) is 0 Å². The molecule has 1 aromatic carbocycles. The van der Waals surface area contributed by atoms with Gasteiger partial charge in [-0.2, -0.15) is 0 Å². The number of halogens is 1. The maximum absolute atomic E-state index is 11.2. The summed E-state index contributed by atoms with van der Waals surface area (Å²) in [6.45, 7) is 7.28. The highest BCUT2D eigenvalue weighted by molar-refractivity contribution is 6.30. The van der Waals surface area contributed by atoms with E-state index in [0.717, 1.165) is 30.5 Å². The quantitative estimate of drug-likeness (QED) is 0.549. The van der Waals surface area contributed by atoms with Gasteiger partial charge < -0.3 is 19.9 Å². The number of rotatable bonds is 9. The SMILES string of the molecule is C=CC1=C(N(C)C=O)NC(OCCCC)N1Cc1ccc(Cl)cc1. The summed E-state index contributed by atoms with van der Waals surface area (Å²) in [4.78, 5) is 14.7. The fourth-order valence-electron chi connectivity index (χ4n) is 2.51. The molecule has 24 heavy (non-hydrogen) atoms. The summed E-state index contributed by atoms with van der Waals surface area (Å²) in [5, 5.41) is 3.97. The van der Waals surface area contributed by atoms with Crippen LogP contribution in [0.2, 0.25) is 5.02 Å². The Hall–Kier alpha value is -1.98. The van der Waals surface area contributed by atoms with Crippen LogP contribution in [-0.4, -0.2) is 36.2 Å². The molecular formula is C18H24ClN3O2. The third-order valence-electron chi connectivity index (χ3n) is 3.84. The van der Waals surface area contributed by atoms with Gasteiger partial charge in [0.1, 0.15) is 5.82 Å². The molecule has 1 N–H and O–H groups in total. The first-order valence-electron chi connectivity index (χ1n) is 8.04. The summed E-state index contributed by atoms with van der Waals surface area (Å²) in [5.74, 6) is 0.690. The molecule has 0 saturated heterocycles. The maximum atomic E-state index is 11.2. The molecule has 0 radical (unpaired) electrons. The van der Waals surface area contributed by atoms with E-state index in [1.54, 1.807) is 13.1 Å². The standard InChI is InChI=1S/C18H24ClN3O2/c1-4-6-11-24-18-20-17(21(3)13-23)16(5-2)22(18)12-14-7-9-15(19)10-8-14/h5,7-10,13,18,20H,2,4,6,11-12H2,1,3H3. The third kappa shape index (κ3) is 4.30. The molecule has 0 aliphatic carbocycles. The largest absolute Gasteiger partial charge is 0.340 e. The zero-order valence-electron chi connectivity index (χ0n) is 14.2. The van der Waals surface area contributed by atoms with Gasteiger partial charge in [-0.1, -0.05) is 43.7 Å². The van der Waals surface area contributed by atoms with Crippen molar-refractivity contribution in [1.29, 1.82) is 0 Å². The minimum atomic E-state index is -0.336. The van der Waals surface area contributed by atoms with Crippen LogP contribution in [0.25, 0.3) is 0 Å². The average Bonchev–Trinajstić information content (AvgIpc) is 2.94. The molecule has 1 atom stereocenters. The van der Waals surface area contributed by atoms with Crippen LogP contribution in [-0.2, 0) is 16.1 Å². The Bertz CT molecular complexity index is 601. The lowest BCUT2D eigenvalue weighted by molar-refractivity contribution is -0.116. The highest BCUT2D eigenvalue weighted by Crippen LogP contribution is 2.26. The summed E-state index contributed by atoms with van der Waals surface area (Å²) in [6, 6.07) is 7.69. The van der Waals surface area contributed by atoms with Crippen LogP contribution in [0, 0.1) is 0 Å². The van der Waals surface area contributed by atoms with Crippen LogP contribution in [0.4, 0.5) is 0 Å².